The Morgan fingerprint density at radius 3 is 2.96 bits per heavy atom. The van der Waals surface area contributed by atoms with Gasteiger partial charge in [-0.3, -0.25) is 4.79 Å². The number of carbonyl (C=O) groups is 1. The van der Waals surface area contributed by atoms with Gasteiger partial charge in [0.15, 0.2) is 13.2 Å². The largest absolute Gasteiger partial charge is 0.320 e. The Morgan fingerprint density at radius 1 is 1.50 bits per heavy atom. The van der Waals surface area contributed by atoms with Crippen LogP contribution in [0.2, 0.25) is 0 Å². The molecule has 128 valence electrons. The Morgan fingerprint density at radius 2 is 2.25 bits per heavy atom. The lowest BCUT2D eigenvalue weighted by Gasteiger charge is -2.14. The van der Waals surface area contributed by atoms with Crippen LogP contribution in [-0.2, 0) is 18.0 Å². The number of carbonyl (C=O) groups excluding carboxylic acids is 1. The standard InChI is InChI=1S/C16H21N5OS2/c1-4-9-20-11-17-21(16(20)23)12-19(2)10-15(22)18-13-7-5-6-8-14(13)24-3/h4-8,11H,1,9-10,12H2,2-3H3,(H,18,22)/p+1. The van der Waals surface area contributed by atoms with E-state index < -0.39 is 0 Å². The monoisotopic (exact) mass is 364 g/mol. The van der Waals surface area contributed by atoms with Gasteiger partial charge in [0.05, 0.1) is 12.7 Å². The number of hydrogen-bond acceptors (Lipinski definition) is 4. The molecule has 2 N–H and O–H groups in total. The van der Waals surface area contributed by atoms with Crippen molar-refractivity contribution in [1.82, 2.24) is 14.3 Å². The second-order valence-corrected chi connectivity index (χ2v) is 6.61. The van der Waals surface area contributed by atoms with E-state index in [-0.39, 0.29) is 5.91 Å². The molecule has 0 fully saturated rings. The molecule has 2 rings (SSSR count). The molecule has 1 aromatic heterocycles. The number of benzene rings is 1. The van der Waals surface area contributed by atoms with Crippen molar-refractivity contribution in [2.24, 2.45) is 0 Å². The van der Waals surface area contributed by atoms with Crippen LogP contribution < -0.4 is 10.2 Å². The van der Waals surface area contributed by atoms with E-state index in [0.717, 1.165) is 15.5 Å². The molecule has 6 nitrogen and oxygen atoms in total. The molecule has 0 aliphatic rings. The average molecular weight is 365 g/mol. The number of anilines is 1. The van der Waals surface area contributed by atoms with Gasteiger partial charge in [0.25, 0.3) is 5.91 Å². The highest BCUT2D eigenvalue weighted by atomic mass is 32.2. The fraction of sp³-hybridized carbons (Fsp3) is 0.312. The van der Waals surface area contributed by atoms with Gasteiger partial charge < -0.3 is 14.8 Å². The molecule has 0 bridgehead atoms. The molecule has 2 aromatic rings. The van der Waals surface area contributed by atoms with Crippen molar-refractivity contribution in [3.63, 3.8) is 0 Å². The van der Waals surface area contributed by atoms with E-state index in [1.807, 2.05) is 42.1 Å². The number of para-hydroxylation sites is 1. The van der Waals surface area contributed by atoms with Crippen LogP contribution in [0.3, 0.4) is 0 Å². The van der Waals surface area contributed by atoms with Crippen LogP contribution in [0, 0.1) is 4.77 Å². The SMILES string of the molecule is C=CCn1cnn(C[NH+](C)CC(=O)Nc2ccccc2SC)c1=S. The smallest absolute Gasteiger partial charge is 0.279 e. The van der Waals surface area contributed by atoms with Gasteiger partial charge in [-0.25, -0.2) is 0 Å². The maximum absolute atomic E-state index is 12.3. The number of likely N-dealkylation sites (N-methyl/N-ethyl adjacent to an activating group) is 1. The summed E-state index contributed by atoms with van der Waals surface area (Å²) in [6.45, 7) is 5.19. The molecule has 0 spiro atoms. The summed E-state index contributed by atoms with van der Waals surface area (Å²) in [6, 6.07) is 7.77. The van der Waals surface area contributed by atoms with E-state index in [4.69, 9.17) is 12.2 Å². The molecule has 8 heteroatoms. The van der Waals surface area contributed by atoms with Crippen LogP contribution in [0.15, 0.2) is 48.1 Å². The normalized spacial score (nSPS) is 11.9. The molecular formula is C16H22N5OS2+. The number of amides is 1. The molecule has 1 heterocycles. The van der Waals surface area contributed by atoms with Crippen molar-refractivity contribution < 1.29 is 9.69 Å². The first-order valence-corrected chi connectivity index (χ1v) is 9.15. The third kappa shape index (κ3) is 4.80. The second-order valence-electron chi connectivity index (χ2n) is 5.39. The number of hydrogen-bond donors (Lipinski definition) is 2. The van der Waals surface area contributed by atoms with Gasteiger partial charge in [0.1, 0.15) is 6.33 Å². The second kappa shape index (κ2) is 8.81. The third-order valence-corrected chi connectivity index (χ3v) is 4.63. The number of nitrogens with zero attached hydrogens (tertiary/aromatic N) is 3. The first kappa shape index (κ1) is 18.4. The third-order valence-electron chi connectivity index (χ3n) is 3.39. The van der Waals surface area contributed by atoms with Gasteiger partial charge in [-0.05, 0) is 30.6 Å². The van der Waals surface area contributed by atoms with Crippen molar-refractivity contribution in [1.29, 1.82) is 0 Å². The Balaban J connectivity index is 1.94. The van der Waals surface area contributed by atoms with E-state index >= 15 is 0 Å². The summed E-state index contributed by atoms with van der Waals surface area (Å²) in [4.78, 5) is 14.3. The zero-order valence-corrected chi connectivity index (χ0v) is 15.5. The average Bonchev–Trinajstić information content (AvgIpc) is 2.89. The fourth-order valence-electron chi connectivity index (χ4n) is 2.27. The van der Waals surface area contributed by atoms with Gasteiger partial charge in [-0.15, -0.1) is 18.3 Å². The predicted molar refractivity (Wildman–Crippen MR) is 99.9 cm³/mol. The number of rotatable bonds is 8. The Hall–Kier alpha value is -1.90. The Kier molecular flexibility index (Phi) is 6.77. The number of nitrogens with one attached hydrogen (secondary N) is 2. The Bertz CT molecular complexity index is 768. The minimum absolute atomic E-state index is 0.0361. The van der Waals surface area contributed by atoms with Crippen molar-refractivity contribution in [2.75, 3.05) is 25.2 Å². The topological polar surface area (TPSA) is 56.3 Å². The molecule has 24 heavy (non-hydrogen) atoms. The minimum Gasteiger partial charge on any atom is -0.320 e. The highest BCUT2D eigenvalue weighted by Gasteiger charge is 2.13. The van der Waals surface area contributed by atoms with Crippen LogP contribution in [0.1, 0.15) is 0 Å². The maximum atomic E-state index is 12.3. The molecule has 1 unspecified atom stereocenters. The van der Waals surface area contributed by atoms with Crippen LogP contribution in [0.25, 0.3) is 0 Å². The molecule has 0 radical (unpaired) electrons. The highest BCUT2D eigenvalue weighted by Crippen LogP contribution is 2.24. The lowest BCUT2D eigenvalue weighted by Crippen LogP contribution is -3.09. The summed E-state index contributed by atoms with van der Waals surface area (Å²) in [5.41, 5.74) is 0.842. The quantitative estimate of drug-likeness (QED) is 0.423. The van der Waals surface area contributed by atoms with E-state index in [2.05, 4.69) is 17.0 Å². The summed E-state index contributed by atoms with van der Waals surface area (Å²) in [5, 5.41) is 7.23. The van der Waals surface area contributed by atoms with Crippen LogP contribution in [0.4, 0.5) is 5.69 Å². The lowest BCUT2D eigenvalue weighted by molar-refractivity contribution is -0.895. The van der Waals surface area contributed by atoms with Crippen LogP contribution in [-0.4, -0.2) is 40.1 Å². The molecule has 1 aromatic carbocycles. The summed E-state index contributed by atoms with van der Waals surface area (Å²) >= 11 is 6.97. The van der Waals surface area contributed by atoms with Gasteiger partial charge >= 0.3 is 0 Å². The number of allylic oxidation sites excluding steroid dienone is 1. The molecule has 0 saturated heterocycles. The lowest BCUT2D eigenvalue weighted by atomic mass is 10.3. The molecule has 0 saturated carbocycles. The number of quaternary nitrogens is 1. The maximum Gasteiger partial charge on any atom is 0.279 e. The minimum atomic E-state index is -0.0361. The Labute approximate surface area is 151 Å². The predicted octanol–water partition coefficient (Wildman–Crippen LogP) is 1.43. The molecule has 0 aliphatic carbocycles. The molecular weight excluding hydrogens is 342 g/mol. The highest BCUT2D eigenvalue weighted by molar-refractivity contribution is 7.98. The van der Waals surface area contributed by atoms with Gasteiger partial charge in [-0.1, -0.05) is 18.2 Å². The number of aromatic nitrogens is 3. The van der Waals surface area contributed by atoms with E-state index in [1.165, 1.54) is 0 Å². The van der Waals surface area contributed by atoms with Crippen molar-refractivity contribution >= 4 is 35.6 Å². The molecule has 0 aliphatic heterocycles. The zero-order chi connectivity index (χ0) is 17.5. The van der Waals surface area contributed by atoms with Crippen LogP contribution >= 0.6 is 24.0 Å². The van der Waals surface area contributed by atoms with E-state index in [9.17, 15) is 4.79 Å². The van der Waals surface area contributed by atoms with Gasteiger partial charge in [0, 0.05) is 11.4 Å². The van der Waals surface area contributed by atoms with E-state index in [1.54, 1.807) is 28.8 Å². The molecule has 1 atom stereocenters. The van der Waals surface area contributed by atoms with Crippen molar-refractivity contribution in [3.05, 3.63) is 48.0 Å². The molecule has 1 amide bonds. The fourth-order valence-corrected chi connectivity index (χ4v) is 3.06. The van der Waals surface area contributed by atoms with Gasteiger partial charge in [-0.2, -0.15) is 9.78 Å². The van der Waals surface area contributed by atoms with Crippen LogP contribution in [0.5, 0.6) is 0 Å². The van der Waals surface area contributed by atoms with Crippen molar-refractivity contribution in [3.8, 4) is 0 Å². The summed E-state index contributed by atoms with van der Waals surface area (Å²) in [6.07, 6.45) is 5.45. The summed E-state index contributed by atoms with van der Waals surface area (Å²) in [5.74, 6) is -0.0361. The van der Waals surface area contributed by atoms with Crippen molar-refractivity contribution in [2.45, 2.75) is 18.1 Å². The summed E-state index contributed by atoms with van der Waals surface area (Å²) < 4.78 is 4.18. The zero-order valence-electron chi connectivity index (χ0n) is 13.9. The first-order chi connectivity index (χ1) is 11.5. The van der Waals surface area contributed by atoms with Gasteiger partial charge in [0.2, 0.25) is 4.77 Å². The first-order valence-electron chi connectivity index (χ1n) is 7.52. The van der Waals surface area contributed by atoms with E-state index in [0.29, 0.717) is 24.5 Å². The number of thioether (sulfide) groups is 1. The summed E-state index contributed by atoms with van der Waals surface area (Å²) in [7, 11) is 1.94.